The molecular weight excluding hydrogens is 342 g/mol. The molecule has 7 nitrogen and oxygen atoms in total. The normalized spacial score (nSPS) is 15.4. The van der Waals surface area contributed by atoms with Crippen LogP contribution < -0.4 is 10.1 Å². The number of piperidine rings is 1. The minimum atomic E-state index is -0.0265. The van der Waals surface area contributed by atoms with Crippen LogP contribution in [0.1, 0.15) is 42.9 Å². The molecular formula is C20H29N5O2. The minimum absolute atomic E-state index is 0.0265. The van der Waals surface area contributed by atoms with Crippen LogP contribution in [0.4, 0.5) is 0 Å². The lowest BCUT2D eigenvalue weighted by Crippen LogP contribution is -2.40. The van der Waals surface area contributed by atoms with Crippen molar-refractivity contribution in [2.24, 2.45) is 5.92 Å². The van der Waals surface area contributed by atoms with E-state index in [0.29, 0.717) is 11.6 Å². The Balaban J connectivity index is 1.70. The zero-order chi connectivity index (χ0) is 19.4. The molecule has 0 spiro atoms. The van der Waals surface area contributed by atoms with E-state index in [4.69, 9.17) is 4.74 Å². The third-order valence-electron chi connectivity index (χ3n) is 4.94. The fourth-order valence-electron chi connectivity index (χ4n) is 3.49. The maximum atomic E-state index is 12.9. The number of likely N-dealkylation sites (tertiary alicyclic amines) is 1. The number of carbonyl (C=O) groups excluding carboxylic acids is 1. The maximum absolute atomic E-state index is 12.9. The maximum Gasteiger partial charge on any atom is 0.276 e. The van der Waals surface area contributed by atoms with Crippen LogP contribution in [0, 0.1) is 12.8 Å². The first-order chi connectivity index (χ1) is 13.0. The molecule has 1 aromatic carbocycles. The summed E-state index contributed by atoms with van der Waals surface area (Å²) in [5.74, 6) is 1.43. The second-order valence-electron chi connectivity index (χ2n) is 7.39. The molecule has 2 aromatic rings. The van der Waals surface area contributed by atoms with Gasteiger partial charge in [-0.1, -0.05) is 5.21 Å². The highest BCUT2D eigenvalue weighted by Gasteiger charge is 2.27. The van der Waals surface area contributed by atoms with Gasteiger partial charge in [-0.2, -0.15) is 0 Å². The summed E-state index contributed by atoms with van der Waals surface area (Å²) in [7, 11) is 1.97. The van der Waals surface area contributed by atoms with E-state index in [-0.39, 0.29) is 12.0 Å². The molecule has 0 saturated carbocycles. The van der Waals surface area contributed by atoms with E-state index in [0.717, 1.165) is 49.6 Å². The van der Waals surface area contributed by atoms with Gasteiger partial charge in [-0.3, -0.25) is 4.79 Å². The highest BCUT2D eigenvalue weighted by molar-refractivity contribution is 5.93. The fraction of sp³-hybridized carbons (Fsp3) is 0.550. The van der Waals surface area contributed by atoms with E-state index >= 15 is 0 Å². The Morgan fingerprint density at radius 3 is 2.52 bits per heavy atom. The van der Waals surface area contributed by atoms with Crippen LogP contribution in [0.2, 0.25) is 0 Å². The topological polar surface area (TPSA) is 72.3 Å². The van der Waals surface area contributed by atoms with Crippen molar-refractivity contribution in [1.29, 1.82) is 0 Å². The lowest BCUT2D eigenvalue weighted by molar-refractivity contribution is 0.0684. The average molecular weight is 371 g/mol. The number of aromatic nitrogens is 3. The summed E-state index contributed by atoms with van der Waals surface area (Å²) in [5.41, 5.74) is 2.06. The number of ether oxygens (including phenoxy) is 1. The van der Waals surface area contributed by atoms with E-state index in [1.54, 1.807) is 4.68 Å². The number of nitrogens with zero attached hydrogens (tertiary/aromatic N) is 4. The predicted molar refractivity (Wildman–Crippen MR) is 104 cm³/mol. The summed E-state index contributed by atoms with van der Waals surface area (Å²) in [5, 5.41) is 11.6. The third kappa shape index (κ3) is 4.47. The summed E-state index contributed by atoms with van der Waals surface area (Å²) in [6.45, 7) is 8.44. The van der Waals surface area contributed by atoms with E-state index in [1.807, 2.05) is 57.0 Å². The van der Waals surface area contributed by atoms with Crippen molar-refractivity contribution in [2.75, 3.05) is 26.7 Å². The van der Waals surface area contributed by atoms with Gasteiger partial charge in [0.15, 0.2) is 5.69 Å². The molecule has 1 saturated heterocycles. The quantitative estimate of drug-likeness (QED) is 0.844. The van der Waals surface area contributed by atoms with Gasteiger partial charge in [0.25, 0.3) is 5.91 Å². The summed E-state index contributed by atoms with van der Waals surface area (Å²) < 4.78 is 7.38. The molecule has 146 valence electrons. The highest BCUT2D eigenvalue weighted by atomic mass is 16.5. The number of benzene rings is 1. The number of carbonyl (C=O) groups is 1. The molecule has 7 heteroatoms. The molecule has 1 amide bonds. The molecule has 1 fully saturated rings. The molecule has 0 atom stereocenters. The van der Waals surface area contributed by atoms with Gasteiger partial charge < -0.3 is 15.0 Å². The summed E-state index contributed by atoms with van der Waals surface area (Å²) in [4.78, 5) is 14.8. The monoisotopic (exact) mass is 371 g/mol. The van der Waals surface area contributed by atoms with Crippen LogP contribution in [0.3, 0.4) is 0 Å². The van der Waals surface area contributed by atoms with Crippen LogP contribution in [-0.2, 0) is 0 Å². The molecule has 3 rings (SSSR count). The minimum Gasteiger partial charge on any atom is -0.491 e. The molecule has 27 heavy (non-hydrogen) atoms. The van der Waals surface area contributed by atoms with Crippen LogP contribution in [0.25, 0.3) is 5.69 Å². The van der Waals surface area contributed by atoms with Gasteiger partial charge in [-0.15, -0.1) is 5.10 Å². The molecule has 1 aliphatic rings. The second-order valence-corrected chi connectivity index (χ2v) is 7.39. The van der Waals surface area contributed by atoms with Crippen LogP contribution >= 0.6 is 0 Å². The fourth-order valence-corrected chi connectivity index (χ4v) is 3.49. The van der Waals surface area contributed by atoms with Gasteiger partial charge in [0.1, 0.15) is 5.75 Å². The van der Waals surface area contributed by atoms with Gasteiger partial charge in [-0.05, 0) is 77.4 Å². The molecule has 1 aromatic heterocycles. The zero-order valence-electron chi connectivity index (χ0n) is 16.6. The molecule has 0 radical (unpaired) electrons. The summed E-state index contributed by atoms with van der Waals surface area (Å²) >= 11 is 0. The summed E-state index contributed by atoms with van der Waals surface area (Å²) in [6, 6.07) is 7.67. The first-order valence-electron chi connectivity index (χ1n) is 9.63. The van der Waals surface area contributed by atoms with Crippen LogP contribution in [-0.4, -0.2) is 58.6 Å². The molecule has 1 aliphatic heterocycles. The Kier molecular flexibility index (Phi) is 6.11. The first kappa shape index (κ1) is 19.4. The van der Waals surface area contributed by atoms with Gasteiger partial charge in [0.2, 0.25) is 0 Å². The van der Waals surface area contributed by atoms with Crippen molar-refractivity contribution in [3.05, 3.63) is 35.7 Å². The Morgan fingerprint density at radius 1 is 1.26 bits per heavy atom. The SMILES string of the molecule is CNCC1CCN(C(=O)c2nnn(-c3ccc(OC(C)C)cc3)c2C)CC1. The second kappa shape index (κ2) is 8.52. The van der Waals surface area contributed by atoms with E-state index in [9.17, 15) is 4.79 Å². The van der Waals surface area contributed by atoms with Crippen molar-refractivity contribution in [2.45, 2.75) is 39.7 Å². The van der Waals surface area contributed by atoms with Crippen molar-refractivity contribution < 1.29 is 9.53 Å². The van der Waals surface area contributed by atoms with Crippen molar-refractivity contribution in [1.82, 2.24) is 25.2 Å². The number of nitrogens with one attached hydrogen (secondary N) is 1. The number of hydrogen-bond acceptors (Lipinski definition) is 5. The van der Waals surface area contributed by atoms with Crippen LogP contribution in [0.15, 0.2) is 24.3 Å². The molecule has 1 N–H and O–H groups in total. The zero-order valence-corrected chi connectivity index (χ0v) is 16.6. The van der Waals surface area contributed by atoms with Gasteiger partial charge in [0.05, 0.1) is 17.5 Å². The smallest absolute Gasteiger partial charge is 0.276 e. The van der Waals surface area contributed by atoms with E-state index in [2.05, 4.69) is 15.6 Å². The molecule has 2 heterocycles. The van der Waals surface area contributed by atoms with Gasteiger partial charge >= 0.3 is 0 Å². The van der Waals surface area contributed by atoms with Gasteiger partial charge in [0, 0.05) is 13.1 Å². The van der Waals surface area contributed by atoms with Crippen LogP contribution in [0.5, 0.6) is 5.75 Å². The van der Waals surface area contributed by atoms with Crippen molar-refractivity contribution >= 4 is 5.91 Å². The molecule has 0 bridgehead atoms. The number of hydrogen-bond donors (Lipinski definition) is 1. The number of rotatable bonds is 6. The lowest BCUT2D eigenvalue weighted by Gasteiger charge is -2.31. The van der Waals surface area contributed by atoms with E-state index < -0.39 is 0 Å². The highest BCUT2D eigenvalue weighted by Crippen LogP contribution is 2.21. The molecule has 0 aliphatic carbocycles. The number of amides is 1. The third-order valence-corrected chi connectivity index (χ3v) is 4.94. The predicted octanol–water partition coefficient (Wildman–Crippen LogP) is 2.43. The van der Waals surface area contributed by atoms with E-state index in [1.165, 1.54) is 0 Å². The lowest BCUT2D eigenvalue weighted by atomic mass is 9.96. The van der Waals surface area contributed by atoms with Crippen molar-refractivity contribution in [3.63, 3.8) is 0 Å². The summed E-state index contributed by atoms with van der Waals surface area (Å²) in [6.07, 6.45) is 2.18. The Hall–Kier alpha value is -2.41. The molecule has 0 unspecified atom stereocenters. The van der Waals surface area contributed by atoms with Crippen molar-refractivity contribution in [3.8, 4) is 11.4 Å². The Labute approximate surface area is 160 Å². The largest absolute Gasteiger partial charge is 0.491 e. The standard InChI is InChI=1S/C20H29N5O2/c1-14(2)27-18-7-5-17(6-8-18)25-15(3)19(22-23-25)20(26)24-11-9-16(10-12-24)13-21-4/h5-8,14,16,21H,9-13H2,1-4H3. The first-order valence-corrected chi connectivity index (χ1v) is 9.63. The van der Waals surface area contributed by atoms with Gasteiger partial charge in [-0.25, -0.2) is 4.68 Å². The Morgan fingerprint density at radius 2 is 1.93 bits per heavy atom. The average Bonchev–Trinajstić information content (AvgIpc) is 3.04. The Bertz CT molecular complexity index is 761.